The number of carbonyl (C=O) groups excluding carboxylic acids is 2. The maximum Gasteiger partial charge on any atom is 0.497 e. The zero-order valence-corrected chi connectivity index (χ0v) is 19.8. The highest BCUT2D eigenvalue weighted by Gasteiger charge is 2.53. The predicted octanol–water partition coefficient (Wildman–Crippen LogP) is 2.96. The largest absolute Gasteiger partial charge is 0.497 e. The summed E-state index contributed by atoms with van der Waals surface area (Å²) in [5, 5.41) is 0. The third-order valence-electron chi connectivity index (χ3n) is 6.06. The van der Waals surface area contributed by atoms with Crippen LogP contribution in [0.2, 0.25) is 0 Å². The zero-order valence-electron chi connectivity index (χ0n) is 19.8. The Hall–Kier alpha value is -2.20. The minimum atomic E-state index is -1.06. The molecule has 2 fully saturated rings. The molecule has 0 atom stereocenters. The Labute approximate surface area is 188 Å². The molecule has 0 radical (unpaired) electrons. The van der Waals surface area contributed by atoms with Gasteiger partial charge in [0.05, 0.1) is 11.2 Å². The average molecular weight is 452 g/mol. The van der Waals surface area contributed by atoms with E-state index in [0.717, 1.165) is 6.07 Å². The smallest absolute Gasteiger partial charge is 0.444 e. The molecular weight excluding hydrogens is 421 g/mol. The number of piperazine rings is 1. The van der Waals surface area contributed by atoms with Crippen LogP contribution in [-0.4, -0.2) is 71.9 Å². The van der Waals surface area contributed by atoms with Gasteiger partial charge in [-0.05, 0) is 54.5 Å². The highest BCUT2D eigenvalue weighted by molar-refractivity contribution is 6.62. The van der Waals surface area contributed by atoms with Crippen molar-refractivity contribution in [2.24, 2.45) is 0 Å². The van der Waals surface area contributed by atoms with Crippen molar-refractivity contribution in [3.8, 4) is 0 Å². The van der Waals surface area contributed by atoms with Crippen LogP contribution in [0.5, 0.6) is 0 Å². The molecule has 1 aromatic carbocycles. The van der Waals surface area contributed by atoms with Crippen LogP contribution in [0.15, 0.2) is 12.1 Å². The molecule has 0 aliphatic carbocycles. The molecule has 3 rings (SSSR count). The van der Waals surface area contributed by atoms with Gasteiger partial charge in [0.25, 0.3) is 5.91 Å². The van der Waals surface area contributed by atoms with Crippen LogP contribution in [0.3, 0.4) is 0 Å². The van der Waals surface area contributed by atoms with Crippen molar-refractivity contribution in [3.63, 3.8) is 0 Å². The quantitative estimate of drug-likeness (QED) is 0.646. The van der Waals surface area contributed by atoms with Crippen LogP contribution in [0.25, 0.3) is 0 Å². The van der Waals surface area contributed by atoms with E-state index in [0.29, 0.717) is 0 Å². The summed E-state index contributed by atoms with van der Waals surface area (Å²) >= 11 is 0. The number of nitrogens with zero attached hydrogens (tertiary/aromatic N) is 2. The molecule has 0 saturated carbocycles. The Kier molecular flexibility index (Phi) is 6.34. The molecule has 176 valence electrons. The highest BCUT2D eigenvalue weighted by Crippen LogP contribution is 2.36. The molecule has 0 spiro atoms. The molecule has 0 unspecified atom stereocenters. The van der Waals surface area contributed by atoms with Gasteiger partial charge in [-0.15, -0.1) is 0 Å². The van der Waals surface area contributed by atoms with Crippen molar-refractivity contribution in [1.29, 1.82) is 0 Å². The van der Waals surface area contributed by atoms with Crippen molar-refractivity contribution in [2.45, 2.75) is 65.3 Å². The number of halogens is 2. The minimum Gasteiger partial charge on any atom is -0.444 e. The fraction of sp³-hybridized carbons (Fsp3) is 0.636. The number of rotatable bonds is 2. The second kappa shape index (κ2) is 8.30. The van der Waals surface area contributed by atoms with Crippen LogP contribution in [0.4, 0.5) is 13.6 Å². The molecule has 0 aromatic heterocycles. The molecule has 2 aliphatic rings. The Bertz CT molecular complexity index is 892. The van der Waals surface area contributed by atoms with E-state index < -0.39 is 53.1 Å². The molecule has 2 heterocycles. The minimum absolute atomic E-state index is 0.0270. The SMILES string of the molecule is CC(C)(C)OC(=O)N1CCN(C(=O)c2c(F)ccc(B3OC(C)(C)C(C)(C)O3)c2F)CC1. The monoisotopic (exact) mass is 452 g/mol. The second-order valence-corrected chi connectivity index (χ2v) is 10.2. The van der Waals surface area contributed by atoms with Crippen LogP contribution in [-0.2, 0) is 14.0 Å². The molecule has 0 bridgehead atoms. The van der Waals surface area contributed by atoms with E-state index in [1.165, 1.54) is 15.9 Å². The van der Waals surface area contributed by atoms with Crippen molar-refractivity contribution < 1.29 is 32.4 Å². The predicted molar refractivity (Wildman–Crippen MR) is 116 cm³/mol. The maximum absolute atomic E-state index is 15.4. The molecule has 0 N–H and O–H groups in total. The molecule has 2 amide bonds. The van der Waals surface area contributed by atoms with Gasteiger partial charge in [0.15, 0.2) is 0 Å². The third kappa shape index (κ3) is 4.76. The molecule has 2 saturated heterocycles. The van der Waals surface area contributed by atoms with Gasteiger partial charge in [0.1, 0.15) is 22.8 Å². The first-order chi connectivity index (χ1) is 14.6. The number of benzene rings is 1. The van der Waals surface area contributed by atoms with Gasteiger partial charge in [0, 0.05) is 31.6 Å². The summed E-state index contributed by atoms with van der Waals surface area (Å²) in [5.41, 5.74) is -2.73. The van der Waals surface area contributed by atoms with Gasteiger partial charge in [0.2, 0.25) is 0 Å². The van der Waals surface area contributed by atoms with Gasteiger partial charge < -0.3 is 23.8 Å². The van der Waals surface area contributed by atoms with E-state index in [1.54, 1.807) is 20.8 Å². The van der Waals surface area contributed by atoms with E-state index in [1.807, 2.05) is 27.7 Å². The fourth-order valence-corrected chi connectivity index (χ4v) is 3.49. The topological polar surface area (TPSA) is 68.3 Å². The Morgan fingerprint density at radius 2 is 1.47 bits per heavy atom. The lowest BCUT2D eigenvalue weighted by molar-refractivity contribution is 0.00578. The normalized spacial score (nSPS) is 20.5. The molecule has 2 aliphatic heterocycles. The molecule has 7 nitrogen and oxygen atoms in total. The van der Waals surface area contributed by atoms with Crippen LogP contribution in [0.1, 0.15) is 58.8 Å². The van der Waals surface area contributed by atoms with Gasteiger partial charge in [-0.2, -0.15) is 0 Å². The summed E-state index contributed by atoms with van der Waals surface area (Å²) in [5.74, 6) is -2.73. The van der Waals surface area contributed by atoms with Crippen LogP contribution >= 0.6 is 0 Å². The molecule has 10 heteroatoms. The van der Waals surface area contributed by atoms with Gasteiger partial charge >= 0.3 is 13.2 Å². The van der Waals surface area contributed by atoms with Crippen molar-refractivity contribution in [1.82, 2.24) is 9.80 Å². The highest BCUT2D eigenvalue weighted by atomic mass is 19.1. The van der Waals surface area contributed by atoms with Crippen LogP contribution < -0.4 is 5.46 Å². The molecule has 1 aromatic rings. The summed E-state index contributed by atoms with van der Waals surface area (Å²) in [7, 11) is -1.06. The lowest BCUT2D eigenvalue weighted by Crippen LogP contribution is -2.52. The van der Waals surface area contributed by atoms with E-state index in [-0.39, 0.29) is 31.6 Å². The number of hydrogen-bond donors (Lipinski definition) is 0. The van der Waals surface area contributed by atoms with E-state index in [9.17, 15) is 14.0 Å². The number of hydrogen-bond acceptors (Lipinski definition) is 5. The lowest BCUT2D eigenvalue weighted by atomic mass is 9.77. The third-order valence-corrected chi connectivity index (χ3v) is 6.06. The second-order valence-electron chi connectivity index (χ2n) is 10.2. The van der Waals surface area contributed by atoms with E-state index in [2.05, 4.69) is 0 Å². The first-order valence-corrected chi connectivity index (χ1v) is 10.7. The number of carbonyl (C=O) groups is 2. The first-order valence-electron chi connectivity index (χ1n) is 10.7. The summed E-state index contributed by atoms with van der Waals surface area (Å²) in [6.07, 6.45) is -0.482. The zero-order chi connectivity index (χ0) is 24.1. The lowest BCUT2D eigenvalue weighted by Gasteiger charge is -2.35. The van der Waals surface area contributed by atoms with E-state index >= 15 is 4.39 Å². The van der Waals surface area contributed by atoms with Crippen molar-refractivity contribution in [3.05, 3.63) is 29.3 Å². The van der Waals surface area contributed by atoms with Gasteiger partial charge in [-0.3, -0.25) is 4.79 Å². The van der Waals surface area contributed by atoms with Crippen LogP contribution in [0, 0.1) is 11.6 Å². The standard InChI is InChI=1S/C22H31BF2N2O5/c1-20(2,3)30-19(29)27-12-10-26(11-13-27)18(28)16-15(24)9-8-14(17(16)25)23-31-21(4,5)22(6,7)32-23/h8-9H,10-13H2,1-7H3. The summed E-state index contributed by atoms with van der Waals surface area (Å²) in [6.45, 7) is 13.3. The number of amides is 2. The average Bonchev–Trinajstić information content (AvgIpc) is 2.87. The molecule has 32 heavy (non-hydrogen) atoms. The fourth-order valence-electron chi connectivity index (χ4n) is 3.49. The summed E-state index contributed by atoms with van der Waals surface area (Å²) in [6, 6.07) is 2.29. The van der Waals surface area contributed by atoms with Crippen molar-refractivity contribution >= 4 is 24.6 Å². The van der Waals surface area contributed by atoms with Gasteiger partial charge in [-0.25, -0.2) is 13.6 Å². The molecular formula is C22H31BF2N2O5. The number of ether oxygens (including phenoxy) is 1. The summed E-state index contributed by atoms with van der Waals surface area (Å²) < 4.78 is 47.0. The summed E-state index contributed by atoms with van der Waals surface area (Å²) in [4.78, 5) is 28.0. The van der Waals surface area contributed by atoms with E-state index in [4.69, 9.17) is 14.0 Å². The Morgan fingerprint density at radius 3 is 1.97 bits per heavy atom. The maximum atomic E-state index is 15.4. The Balaban J connectivity index is 1.76. The van der Waals surface area contributed by atoms with Crippen molar-refractivity contribution in [2.75, 3.05) is 26.2 Å². The first kappa shape index (κ1) is 24.4. The van der Waals surface area contributed by atoms with Gasteiger partial charge in [-0.1, -0.05) is 6.07 Å². The Morgan fingerprint density at radius 1 is 0.969 bits per heavy atom.